The molecule has 0 atom stereocenters. The zero-order valence-electron chi connectivity index (χ0n) is 12.3. The quantitative estimate of drug-likeness (QED) is 0.785. The number of hydrogen-bond acceptors (Lipinski definition) is 2. The number of rotatable bonds is 3. The first-order valence-corrected chi connectivity index (χ1v) is 7.27. The van der Waals surface area contributed by atoms with E-state index in [1.54, 1.807) is 29.9 Å². The monoisotopic (exact) mass is 329 g/mol. The Kier molecular flexibility index (Phi) is 4.12. The van der Waals surface area contributed by atoms with Crippen molar-refractivity contribution in [3.8, 4) is 11.3 Å². The van der Waals surface area contributed by atoms with Crippen LogP contribution in [-0.4, -0.2) is 15.5 Å². The smallest absolute Gasteiger partial charge is 0.257 e. The molecule has 1 heterocycles. The van der Waals surface area contributed by atoms with Gasteiger partial charge in [-0.2, -0.15) is 0 Å². The maximum Gasteiger partial charge on any atom is 0.257 e. The van der Waals surface area contributed by atoms with E-state index in [9.17, 15) is 9.18 Å². The lowest BCUT2D eigenvalue weighted by Crippen LogP contribution is -2.15. The summed E-state index contributed by atoms with van der Waals surface area (Å²) in [5.74, 6) is -0.325. The van der Waals surface area contributed by atoms with Crippen LogP contribution in [-0.2, 0) is 7.05 Å². The number of carbonyl (C=O) groups is 1. The zero-order valence-corrected chi connectivity index (χ0v) is 13.0. The first-order chi connectivity index (χ1) is 11.0. The SMILES string of the molecule is Cn1c(-c2ccc(Cl)cc2)cnc1NC(=O)c1ccc(F)cc1. The number of carbonyl (C=O) groups excluding carboxylic acids is 1. The molecule has 0 aliphatic rings. The molecule has 116 valence electrons. The van der Waals surface area contributed by atoms with Crippen molar-refractivity contribution >= 4 is 23.5 Å². The van der Waals surface area contributed by atoms with Gasteiger partial charge in [0.2, 0.25) is 5.95 Å². The lowest BCUT2D eigenvalue weighted by molar-refractivity contribution is 0.102. The van der Waals surface area contributed by atoms with Gasteiger partial charge >= 0.3 is 0 Å². The van der Waals surface area contributed by atoms with Gasteiger partial charge in [-0.05, 0) is 42.0 Å². The van der Waals surface area contributed by atoms with Gasteiger partial charge in [-0.25, -0.2) is 9.37 Å². The molecule has 23 heavy (non-hydrogen) atoms. The standard InChI is InChI=1S/C17H13ClFN3O/c1-22-15(11-2-6-13(18)7-3-11)10-20-17(22)21-16(23)12-4-8-14(19)9-5-12/h2-10H,1H3,(H,20,21,23). The van der Waals surface area contributed by atoms with E-state index < -0.39 is 0 Å². The third kappa shape index (κ3) is 3.24. The minimum Gasteiger partial charge on any atom is -0.313 e. The van der Waals surface area contributed by atoms with Gasteiger partial charge < -0.3 is 4.57 Å². The molecule has 0 saturated heterocycles. The van der Waals surface area contributed by atoms with E-state index in [1.807, 2.05) is 12.1 Å². The molecule has 3 aromatic rings. The van der Waals surface area contributed by atoms with Crippen molar-refractivity contribution in [3.05, 3.63) is 71.1 Å². The maximum atomic E-state index is 12.9. The molecule has 0 fully saturated rings. The molecule has 2 aromatic carbocycles. The van der Waals surface area contributed by atoms with Crippen molar-refractivity contribution in [3.63, 3.8) is 0 Å². The highest BCUT2D eigenvalue weighted by Gasteiger charge is 2.12. The Hall–Kier alpha value is -2.66. The summed E-state index contributed by atoms with van der Waals surface area (Å²) in [6, 6.07) is 12.7. The van der Waals surface area contributed by atoms with Crippen molar-refractivity contribution in [2.75, 3.05) is 5.32 Å². The van der Waals surface area contributed by atoms with Crippen LogP contribution in [0, 0.1) is 5.82 Å². The topological polar surface area (TPSA) is 46.9 Å². The molecule has 0 aliphatic heterocycles. The Morgan fingerprint density at radius 1 is 1.13 bits per heavy atom. The predicted octanol–water partition coefficient (Wildman–Crippen LogP) is 4.13. The highest BCUT2D eigenvalue weighted by Crippen LogP contribution is 2.23. The van der Waals surface area contributed by atoms with Gasteiger partial charge in [0.1, 0.15) is 5.82 Å². The van der Waals surface area contributed by atoms with Gasteiger partial charge in [0.25, 0.3) is 5.91 Å². The molecule has 0 radical (unpaired) electrons. The van der Waals surface area contributed by atoms with E-state index in [1.165, 1.54) is 24.3 Å². The van der Waals surface area contributed by atoms with Crippen LogP contribution in [0.5, 0.6) is 0 Å². The third-order valence-corrected chi connectivity index (χ3v) is 3.71. The molecular formula is C17H13ClFN3O. The van der Waals surface area contributed by atoms with E-state index in [0.717, 1.165) is 11.3 Å². The largest absolute Gasteiger partial charge is 0.313 e. The molecule has 6 heteroatoms. The zero-order chi connectivity index (χ0) is 16.4. The van der Waals surface area contributed by atoms with Crippen molar-refractivity contribution in [1.29, 1.82) is 0 Å². The molecule has 0 unspecified atom stereocenters. The molecular weight excluding hydrogens is 317 g/mol. The molecule has 0 aliphatic carbocycles. The van der Waals surface area contributed by atoms with E-state index in [2.05, 4.69) is 10.3 Å². The van der Waals surface area contributed by atoms with Gasteiger partial charge in [-0.1, -0.05) is 23.7 Å². The molecule has 3 rings (SSSR count). The van der Waals surface area contributed by atoms with Crippen molar-refractivity contribution in [2.45, 2.75) is 0 Å². The number of nitrogens with one attached hydrogen (secondary N) is 1. The number of anilines is 1. The van der Waals surface area contributed by atoms with Gasteiger partial charge in [0.05, 0.1) is 11.9 Å². The summed E-state index contributed by atoms with van der Waals surface area (Å²) >= 11 is 5.89. The summed E-state index contributed by atoms with van der Waals surface area (Å²) in [5.41, 5.74) is 2.14. The van der Waals surface area contributed by atoms with Crippen LogP contribution in [0.25, 0.3) is 11.3 Å². The molecule has 1 N–H and O–H groups in total. The number of halogens is 2. The Morgan fingerprint density at radius 2 is 1.78 bits per heavy atom. The first kappa shape index (κ1) is 15.2. The van der Waals surface area contributed by atoms with Crippen LogP contribution in [0.1, 0.15) is 10.4 Å². The van der Waals surface area contributed by atoms with Crippen LogP contribution >= 0.6 is 11.6 Å². The number of hydrogen-bond donors (Lipinski definition) is 1. The Labute approximate surface area is 137 Å². The van der Waals surface area contributed by atoms with E-state index >= 15 is 0 Å². The Balaban J connectivity index is 1.83. The molecule has 4 nitrogen and oxygen atoms in total. The minimum absolute atomic E-state index is 0.346. The number of aromatic nitrogens is 2. The first-order valence-electron chi connectivity index (χ1n) is 6.89. The second kappa shape index (κ2) is 6.22. The van der Waals surface area contributed by atoms with Gasteiger partial charge in [-0.15, -0.1) is 0 Å². The van der Waals surface area contributed by atoms with Crippen LogP contribution in [0.2, 0.25) is 5.02 Å². The van der Waals surface area contributed by atoms with E-state index in [0.29, 0.717) is 16.5 Å². The van der Waals surface area contributed by atoms with Gasteiger partial charge in [0, 0.05) is 17.6 Å². The van der Waals surface area contributed by atoms with Gasteiger partial charge in [0.15, 0.2) is 0 Å². The fourth-order valence-corrected chi connectivity index (χ4v) is 2.32. The molecule has 1 amide bonds. The van der Waals surface area contributed by atoms with Crippen molar-refractivity contribution in [2.24, 2.45) is 7.05 Å². The average molecular weight is 330 g/mol. The van der Waals surface area contributed by atoms with E-state index in [-0.39, 0.29) is 11.7 Å². The molecule has 0 spiro atoms. The second-order valence-electron chi connectivity index (χ2n) is 4.99. The number of benzene rings is 2. The van der Waals surface area contributed by atoms with Crippen LogP contribution < -0.4 is 5.32 Å². The third-order valence-electron chi connectivity index (χ3n) is 3.46. The number of imidazole rings is 1. The average Bonchev–Trinajstić information content (AvgIpc) is 2.90. The Bertz CT molecular complexity index is 841. The van der Waals surface area contributed by atoms with Crippen LogP contribution in [0.3, 0.4) is 0 Å². The minimum atomic E-state index is -0.386. The van der Waals surface area contributed by atoms with Crippen LogP contribution in [0.4, 0.5) is 10.3 Å². The summed E-state index contributed by atoms with van der Waals surface area (Å²) < 4.78 is 14.7. The van der Waals surface area contributed by atoms with Crippen molar-refractivity contribution < 1.29 is 9.18 Å². The number of nitrogens with zero attached hydrogens (tertiary/aromatic N) is 2. The normalized spacial score (nSPS) is 10.6. The van der Waals surface area contributed by atoms with E-state index in [4.69, 9.17) is 11.6 Å². The summed E-state index contributed by atoms with van der Waals surface area (Å²) in [6.45, 7) is 0. The summed E-state index contributed by atoms with van der Waals surface area (Å²) in [6.07, 6.45) is 1.67. The Morgan fingerprint density at radius 3 is 2.43 bits per heavy atom. The highest BCUT2D eigenvalue weighted by molar-refractivity contribution is 6.30. The molecule has 0 saturated carbocycles. The highest BCUT2D eigenvalue weighted by atomic mass is 35.5. The second-order valence-corrected chi connectivity index (χ2v) is 5.43. The fraction of sp³-hybridized carbons (Fsp3) is 0.0588. The summed E-state index contributed by atoms with van der Waals surface area (Å²) in [4.78, 5) is 16.4. The molecule has 1 aromatic heterocycles. The lowest BCUT2D eigenvalue weighted by Gasteiger charge is -2.08. The summed E-state index contributed by atoms with van der Waals surface area (Å²) in [5, 5.41) is 3.37. The van der Waals surface area contributed by atoms with Crippen LogP contribution in [0.15, 0.2) is 54.7 Å². The van der Waals surface area contributed by atoms with Gasteiger partial charge in [-0.3, -0.25) is 10.1 Å². The van der Waals surface area contributed by atoms with Crippen molar-refractivity contribution in [1.82, 2.24) is 9.55 Å². The fourth-order valence-electron chi connectivity index (χ4n) is 2.19. The predicted molar refractivity (Wildman–Crippen MR) is 88.0 cm³/mol. The number of amides is 1. The molecule has 0 bridgehead atoms. The lowest BCUT2D eigenvalue weighted by atomic mass is 10.2. The maximum absolute atomic E-state index is 12.9. The summed E-state index contributed by atoms with van der Waals surface area (Å²) in [7, 11) is 1.80.